The van der Waals surface area contributed by atoms with Gasteiger partial charge in [0.05, 0.1) is 5.69 Å². The van der Waals surface area contributed by atoms with E-state index in [0.29, 0.717) is 23.7 Å². The lowest BCUT2D eigenvalue weighted by atomic mass is 10.1. The largest absolute Gasteiger partial charge is 0.397 e. The van der Waals surface area contributed by atoms with E-state index in [1.807, 2.05) is 23.1 Å². The highest BCUT2D eigenvalue weighted by atomic mass is 35.5. The lowest BCUT2D eigenvalue weighted by Crippen LogP contribution is -2.48. The van der Waals surface area contributed by atoms with Gasteiger partial charge in [0, 0.05) is 48.0 Å². The fraction of sp³-hybridized carbons (Fsp3) is 0.391. The van der Waals surface area contributed by atoms with Crippen molar-refractivity contribution in [2.45, 2.75) is 32.1 Å². The first-order valence-corrected chi connectivity index (χ1v) is 11.8. The molecule has 2 aromatic heterocycles. The Morgan fingerprint density at radius 2 is 1.87 bits per heavy atom. The Hall–Kier alpha value is -2.31. The molecule has 0 atom stereocenters. The number of fused-ring (bicyclic) bond motifs is 2. The summed E-state index contributed by atoms with van der Waals surface area (Å²) < 4.78 is 0. The Bertz CT molecular complexity index is 1100. The Balaban J connectivity index is 1.36. The molecule has 1 aromatic carbocycles. The zero-order valence-corrected chi connectivity index (χ0v) is 18.4. The molecule has 5 rings (SSSR count). The van der Waals surface area contributed by atoms with Crippen molar-refractivity contribution in [1.29, 1.82) is 0 Å². The fourth-order valence-electron chi connectivity index (χ4n) is 4.48. The number of benzene rings is 1. The smallest absolute Gasteiger partial charge is 0.266 e. The van der Waals surface area contributed by atoms with E-state index in [-0.39, 0.29) is 5.91 Å². The van der Waals surface area contributed by atoms with Gasteiger partial charge in [-0.05, 0) is 55.5 Å². The van der Waals surface area contributed by atoms with Crippen molar-refractivity contribution in [2.75, 3.05) is 36.8 Å². The van der Waals surface area contributed by atoms with Gasteiger partial charge in [-0.3, -0.25) is 4.79 Å². The van der Waals surface area contributed by atoms with E-state index in [9.17, 15) is 4.79 Å². The normalized spacial score (nSPS) is 17.1. The van der Waals surface area contributed by atoms with Crippen LogP contribution < -0.4 is 10.6 Å². The predicted octanol–water partition coefficient (Wildman–Crippen LogP) is 4.76. The zero-order valence-electron chi connectivity index (χ0n) is 16.9. The number of anilines is 2. The lowest BCUT2D eigenvalue weighted by molar-refractivity contribution is 0.0752. The van der Waals surface area contributed by atoms with Gasteiger partial charge < -0.3 is 15.5 Å². The average molecular weight is 441 g/mol. The summed E-state index contributed by atoms with van der Waals surface area (Å²) >= 11 is 7.57. The summed E-state index contributed by atoms with van der Waals surface area (Å²) in [5.41, 5.74) is 10.6. The minimum absolute atomic E-state index is 0.0245. The van der Waals surface area contributed by atoms with Crippen molar-refractivity contribution in [1.82, 2.24) is 9.88 Å². The van der Waals surface area contributed by atoms with E-state index < -0.39 is 0 Å². The van der Waals surface area contributed by atoms with Crippen molar-refractivity contribution in [3.05, 3.63) is 51.5 Å². The molecular formula is C23H25ClN4OS. The van der Waals surface area contributed by atoms with E-state index in [1.54, 1.807) is 0 Å². The Labute approximate surface area is 185 Å². The molecule has 1 saturated heterocycles. The molecule has 7 heteroatoms. The summed E-state index contributed by atoms with van der Waals surface area (Å²) in [4.78, 5) is 23.9. The van der Waals surface area contributed by atoms with Gasteiger partial charge in [0.15, 0.2) is 0 Å². The highest BCUT2D eigenvalue weighted by Crippen LogP contribution is 2.36. The highest BCUT2D eigenvalue weighted by molar-refractivity contribution is 7.21. The molecule has 0 bridgehead atoms. The number of carbonyl (C=O) groups is 1. The van der Waals surface area contributed by atoms with E-state index >= 15 is 0 Å². The molecule has 0 spiro atoms. The molecule has 0 radical (unpaired) electrons. The van der Waals surface area contributed by atoms with Gasteiger partial charge >= 0.3 is 0 Å². The number of nitrogen functional groups attached to an aromatic ring is 1. The van der Waals surface area contributed by atoms with Crippen LogP contribution in [0.3, 0.4) is 0 Å². The van der Waals surface area contributed by atoms with Crippen LogP contribution in [-0.2, 0) is 12.8 Å². The van der Waals surface area contributed by atoms with Crippen molar-refractivity contribution in [2.24, 2.45) is 0 Å². The van der Waals surface area contributed by atoms with Crippen LogP contribution in [0.5, 0.6) is 0 Å². The van der Waals surface area contributed by atoms with Gasteiger partial charge in [-0.2, -0.15) is 0 Å². The van der Waals surface area contributed by atoms with Gasteiger partial charge in [-0.15, -0.1) is 11.3 Å². The van der Waals surface area contributed by atoms with Crippen LogP contribution in [0.2, 0.25) is 5.02 Å². The zero-order chi connectivity index (χ0) is 20.7. The molecule has 0 saturated carbocycles. The third kappa shape index (κ3) is 3.63. The molecule has 30 heavy (non-hydrogen) atoms. The number of aryl methyl sites for hydroxylation is 2. The number of nitrogens with two attached hydrogens (primary N) is 1. The summed E-state index contributed by atoms with van der Waals surface area (Å²) in [7, 11) is 0. The molecule has 3 aromatic rings. The van der Waals surface area contributed by atoms with Crippen LogP contribution in [0.4, 0.5) is 11.4 Å². The number of hydrogen-bond donors (Lipinski definition) is 1. The summed E-state index contributed by atoms with van der Waals surface area (Å²) in [6.45, 7) is 2.90. The number of pyridine rings is 1. The van der Waals surface area contributed by atoms with E-state index in [4.69, 9.17) is 22.3 Å². The second-order valence-electron chi connectivity index (χ2n) is 8.11. The second-order valence-corrected chi connectivity index (χ2v) is 9.55. The molecule has 2 N–H and O–H groups in total. The van der Waals surface area contributed by atoms with Crippen LogP contribution in [0.15, 0.2) is 30.3 Å². The first kappa shape index (κ1) is 19.6. The van der Waals surface area contributed by atoms with Crippen molar-refractivity contribution in [3.63, 3.8) is 0 Å². The monoisotopic (exact) mass is 440 g/mol. The first-order chi connectivity index (χ1) is 14.6. The molecule has 1 fully saturated rings. The number of nitrogens with zero attached hydrogens (tertiary/aromatic N) is 3. The number of amides is 1. The summed E-state index contributed by atoms with van der Waals surface area (Å²) in [6, 6.07) is 10.1. The molecular weight excluding hydrogens is 416 g/mol. The quantitative estimate of drug-likeness (QED) is 0.583. The number of thiophene rings is 1. The summed E-state index contributed by atoms with van der Waals surface area (Å²) in [5.74, 6) is 0.0245. The number of piperazine rings is 1. The van der Waals surface area contributed by atoms with Gasteiger partial charge in [0.25, 0.3) is 5.91 Å². The Kier molecular flexibility index (Phi) is 5.29. The minimum atomic E-state index is 0.0245. The summed E-state index contributed by atoms with van der Waals surface area (Å²) in [5, 5.41) is 1.68. The topological polar surface area (TPSA) is 62.5 Å². The van der Waals surface area contributed by atoms with Crippen LogP contribution in [0, 0.1) is 0 Å². The Morgan fingerprint density at radius 1 is 1.07 bits per heavy atom. The maximum absolute atomic E-state index is 13.3. The lowest BCUT2D eigenvalue weighted by Gasteiger charge is -2.36. The highest BCUT2D eigenvalue weighted by Gasteiger charge is 2.27. The van der Waals surface area contributed by atoms with E-state index in [2.05, 4.69) is 17.0 Å². The van der Waals surface area contributed by atoms with Crippen LogP contribution in [-0.4, -0.2) is 42.0 Å². The van der Waals surface area contributed by atoms with Gasteiger partial charge in [-0.1, -0.05) is 24.1 Å². The fourth-order valence-corrected chi connectivity index (χ4v) is 5.73. The van der Waals surface area contributed by atoms with E-state index in [0.717, 1.165) is 46.9 Å². The van der Waals surface area contributed by atoms with Crippen molar-refractivity contribution in [3.8, 4) is 0 Å². The minimum Gasteiger partial charge on any atom is -0.397 e. The van der Waals surface area contributed by atoms with E-state index in [1.165, 1.54) is 41.9 Å². The average Bonchev–Trinajstić information content (AvgIpc) is 2.93. The standard InChI is InChI=1S/C23H25ClN4OS/c24-16-6-4-7-17(14-16)27-9-11-28(12-10-27)23(29)21-20(25)18-13-15-5-2-1-3-8-19(15)26-22(18)30-21/h4,6-7,13-14H,1-3,5,8-12,25H2. The number of rotatable bonds is 2. The molecule has 3 heterocycles. The molecule has 0 unspecified atom stereocenters. The maximum atomic E-state index is 13.3. The third-order valence-corrected chi connectivity index (χ3v) is 7.52. The summed E-state index contributed by atoms with van der Waals surface area (Å²) in [6.07, 6.45) is 5.73. The van der Waals surface area contributed by atoms with Crippen molar-refractivity contribution < 1.29 is 4.79 Å². The number of carbonyl (C=O) groups excluding carboxylic acids is 1. The van der Waals surface area contributed by atoms with Gasteiger partial charge in [0.2, 0.25) is 0 Å². The van der Waals surface area contributed by atoms with Gasteiger partial charge in [0.1, 0.15) is 9.71 Å². The molecule has 1 aliphatic heterocycles. The molecule has 156 valence electrons. The third-order valence-electron chi connectivity index (χ3n) is 6.18. The molecule has 2 aliphatic rings. The van der Waals surface area contributed by atoms with Crippen molar-refractivity contribution >= 4 is 50.4 Å². The van der Waals surface area contributed by atoms with Gasteiger partial charge in [-0.25, -0.2) is 4.98 Å². The molecule has 5 nitrogen and oxygen atoms in total. The van der Waals surface area contributed by atoms with Crippen LogP contribution >= 0.6 is 22.9 Å². The second kappa shape index (κ2) is 8.08. The van der Waals surface area contributed by atoms with Crippen LogP contribution in [0.25, 0.3) is 10.2 Å². The van der Waals surface area contributed by atoms with Crippen LogP contribution in [0.1, 0.15) is 40.2 Å². The molecule has 1 aliphatic carbocycles. The first-order valence-electron chi connectivity index (χ1n) is 10.6. The maximum Gasteiger partial charge on any atom is 0.266 e. The number of halogens is 1. The Morgan fingerprint density at radius 3 is 2.67 bits per heavy atom. The molecule has 1 amide bonds. The number of hydrogen-bond acceptors (Lipinski definition) is 5. The number of aromatic nitrogens is 1. The SMILES string of the molecule is Nc1c(C(=O)N2CCN(c3cccc(Cl)c3)CC2)sc2nc3c(cc12)CCCCC3. The predicted molar refractivity (Wildman–Crippen MR) is 125 cm³/mol.